The molecule has 5 aliphatic rings. The van der Waals surface area contributed by atoms with Gasteiger partial charge in [-0.3, -0.25) is 4.79 Å². The highest BCUT2D eigenvalue weighted by atomic mass is 16.7. The van der Waals surface area contributed by atoms with Crippen LogP contribution < -0.4 is 0 Å². The molecule has 5 nitrogen and oxygen atoms in total. The maximum Gasteiger partial charge on any atom is 0.168 e. The summed E-state index contributed by atoms with van der Waals surface area (Å²) in [6.07, 6.45) is 8.43. The average molecular weight is 393 g/mol. The van der Waals surface area contributed by atoms with Crippen LogP contribution in [0.2, 0.25) is 0 Å². The lowest BCUT2D eigenvalue weighted by atomic mass is 9.44. The summed E-state index contributed by atoms with van der Waals surface area (Å²) in [5, 5.41) is 0. The van der Waals surface area contributed by atoms with Gasteiger partial charge in [-0.15, -0.1) is 0 Å². The normalized spacial score (nSPS) is 49.7. The summed E-state index contributed by atoms with van der Waals surface area (Å²) in [4.78, 5) is 13.6. The third-order valence-electron chi connectivity index (χ3n) is 9.46. The van der Waals surface area contributed by atoms with E-state index in [2.05, 4.69) is 13.8 Å². The lowest BCUT2D eigenvalue weighted by Crippen LogP contribution is -2.59. The number of fused-ring (bicyclic) bond motifs is 5. The van der Waals surface area contributed by atoms with Gasteiger partial charge in [0, 0.05) is 37.7 Å². The summed E-state index contributed by atoms with van der Waals surface area (Å²) in [5.74, 6) is 2.01. The first kappa shape index (κ1) is 19.5. The van der Waals surface area contributed by atoms with Crippen molar-refractivity contribution in [3.05, 3.63) is 0 Å². The van der Waals surface area contributed by atoms with Gasteiger partial charge < -0.3 is 18.9 Å². The standard InChI is InChI=1S/C23H36O5/c1-21-8-9-23(27-10-11-28-23)12-15(21)4-5-16-17-6-7-19(26-14-25-3)22(17,2)13-18(24)20(16)21/h15-17,19-20H,4-14H2,1-3H3/t15-,16-,17-,19-,20+,21-,22-/m0/s1. The molecule has 5 fully saturated rings. The lowest BCUT2D eigenvalue weighted by molar-refractivity contribution is -0.228. The van der Waals surface area contributed by atoms with Crippen LogP contribution in [0.15, 0.2) is 0 Å². The van der Waals surface area contributed by atoms with E-state index in [4.69, 9.17) is 18.9 Å². The first-order chi connectivity index (χ1) is 13.4. The Morgan fingerprint density at radius 1 is 1.04 bits per heavy atom. The van der Waals surface area contributed by atoms with Gasteiger partial charge in [0.25, 0.3) is 0 Å². The van der Waals surface area contributed by atoms with Gasteiger partial charge in [-0.1, -0.05) is 13.8 Å². The van der Waals surface area contributed by atoms with Gasteiger partial charge in [0.2, 0.25) is 0 Å². The predicted molar refractivity (Wildman–Crippen MR) is 104 cm³/mol. The first-order valence-electron chi connectivity index (χ1n) is 11.3. The van der Waals surface area contributed by atoms with Gasteiger partial charge in [-0.05, 0) is 55.3 Å². The average Bonchev–Trinajstić information content (AvgIpc) is 3.24. The molecule has 7 atom stereocenters. The van der Waals surface area contributed by atoms with E-state index in [-0.39, 0.29) is 28.6 Å². The van der Waals surface area contributed by atoms with Gasteiger partial charge in [-0.25, -0.2) is 0 Å². The number of Topliss-reactive ketones (excluding diaryl/α,β-unsaturated/α-hetero) is 1. The van der Waals surface area contributed by atoms with E-state index in [1.54, 1.807) is 7.11 Å². The van der Waals surface area contributed by atoms with E-state index in [0.29, 0.717) is 36.8 Å². The zero-order valence-corrected chi connectivity index (χ0v) is 17.7. The number of hydrogen-bond donors (Lipinski definition) is 0. The zero-order chi connectivity index (χ0) is 19.6. The maximum atomic E-state index is 13.6. The summed E-state index contributed by atoms with van der Waals surface area (Å²) in [7, 11) is 1.67. The molecular weight excluding hydrogens is 356 g/mol. The highest BCUT2D eigenvalue weighted by Gasteiger charge is 2.65. The lowest BCUT2D eigenvalue weighted by Gasteiger charge is -2.60. The second-order valence-electron chi connectivity index (χ2n) is 10.6. The Morgan fingerprint density at radius 3 is 2.57 bits per heavy atom. The smallest absolute Gasteiger partial charge is 0.168 e. The van der Waals surface area contributed by atoms with Crippen LogP contribution in [0.1, 0.15) is 65.2 Å². The van der Waals surface area contributed by atoms with Gasteiger partial charge in [0.15, 0.2) is 5.79 Å². The molecule has 0 aromatic rings. The highest BCUT2D eigenvalue weighted by molar-refractivity contribution is 5.84. The fourth-order valence-electron chi connectivity index (χ4n) is 8.15. The Kier molecular flexibility index (Phi) is 4.70. The minimum Gasteiger partial charge on any atom is -0.359 e. The molecule has 28 heavy (non-hydrogen) atoms. The predicted octanol–water partition coefficient (Wildman–Crippen LogP) is 3.94. The summed E-state index contributed by atoms with van der Waals surface area (Å²) in [6, 6.07) is 0. The molecule has 0 aromatic heterocycles. The van der Waals surface area contributed by atoms with Crippen molar-refractivity contribution in [1.29, 1.82) is 0 Å². The fourth-order valence-corrected chi connectivity index (χ4v) is 8.15. The van der Waals surface area contributed by atoms with Crippen LogP contribution in [0.4, 0.5) is 0 Å². The molecule has 0 bridgehead atoms. The molecule has 1 spiro atoms. The molecule has 1 heterocycles. The number of carbonyl (C=O) groups excluding carboxylic acids is 1. The SMILES string of the molecule is COCO[C@H]1CC[C@H]2[C@@H]3CC[C@H]4CC5(CC[C@]4(C)[C@H]3C(=O)C[C@]12C)OCCO5. The second kappa shape index (κ2) is 6.76. The largest absolute Gasteiger partial charge is 0.359 e. The van der Waals surface area contributed by atoms with Crippen molar-refractivity contribution in [2.75, 3.05) is 27.1 Å². The van der Waals surface area contributed by atoms with Crippen molar-refractivity contribution < 1.29 is 23.7 Å². The Balaban J connectivity index is 1.40. The summed E-state index contributed by atoms with van der Waals surface area (Å²) in [5.41, 5.74) is 0.0842. The number of carbonyl (C=O) groups is 1. The molecule has 5 rings (SSSR count). The van der Waals surface area contributed by atoms with Crippen molar-refractivity contribution >= 4 is 5.78 Å². The molecule has 0 amide bonds. The molecule has 0 N–H and O–H groups in total. The zero-order valence-electron chi connectivity index (χ0n) is 17.7. The molecule has 4 saturated carbocycles. The number of rotatable bonds is 3. The molecule has 4 aliphatic carbocycles. The molecule has 158 valence electrons. The molecule has 0 unspecified atom stereocenters. The highest BCUT2D eigenvalue weighted by Crippen LogP contribution is 2.66. The third kappa shape index (κ3) is 2.69. The van der Waals surface area contributed by atoms with Crippen molar-refractivity contribution in [2.24, 2.45) is 34.5 Å². The van der Waals surface area contributed by atoms with E-state index >= 15 is 0 Å². The first-order valence-corrected chi connectivity index (χ1v) is 11.3. The maximum absolute atomic E-state index is 13.6. The molecule has 5 heteroatoms. The van der Waals surface area contributed by atoms with Crippen molar-refractivity contribution in [2.45, 2.75) is 77.1 Å². The van der Waals surface area contributed by atoms with Crippen LogP contribution >= 0.6 is 0 Å². The van der Waals surface area contributed by atoms with Gasteiger partial charge in [0.05, 0.1) is 19.3 Å². The van der Waals surface area contributed by atoms with E-state index < -0.39 is 0 Å². The van der Waals surface area contributed by atoms with Crippen LogP contribution in [-0.4, -0.2) is 44.8 Å². The van der Waals surface area contributed by atoms with Gasteiger partial charge in [-0.2, -0.15) is 0 Å². The Hall–Kier alpha value is -0.490. The van der Waals surface area contributed by atoms with Crippen LogP contribution in [0.3, 0.4) is 0 Å². The Morgan fingerprint density at radius 2 is 1.82 bits per heavy atom. The van der Waals surface area contributed by atoms with E-state index in [9.17, 15) is 4.79 Å². The van der Waals surface area contributed by atoms with Gasteiger partial charge in [0.1, 0.15) is 12.6 Å². The summed E-state index contributed by atoms with van der Waals surface area (Å²) >= 11 is 0. The molecule has 1 aliphatic heterocycles. The van der Waals surface area contributed by atoms with Crippen LogP contribution in [-0.2, 0) is 23.7 Å². The second-order valence-corrected chi connectivity index (χ2v) is 10.6. The van der Waals surface area contributed by atoms with Crippen LogP contribution in [0.5, 0.6) is 0 Å². The van der Waals surface area contributed by atoms with Crippen molar-refractivity contribution in [1.82, 2.24) is 0 Å². The molecular formula is C23H36O5. The van der Waals surface area contributed by atoms with Crippen LogP contribution in [0, 0.1) is 34.5 Å². The van der Waals surface area contributed by atoms with E-state index in [1.807, 2.05) is 0 Å². The monoisotopic (exact) mass is 392 g/mol. The topological polar surface area (TPSA) is 54.0 Å². The van der Waals surface area contributed by atoms with Crippen molar-refractivity contribution in [3.63, 3.8) is 0 Å². The van der Waals surface area contributed by atoms with Crippen molar-refractivity contribution in [3.8, 4) is 0 Å². The quantitative estimate of drug-likeness (QED) is 0.681. The van der Waals surface area contributed by atoms with Gasteiger partial charge >= 0.3 is 0 Å². The number of methoxy groups -OCH3 is 1. The third-order valence-corrected chi connectivity index (χ3v) is 9.46. The number of ether oxygens (including phenoxy) is 4. The number of ketones is 1. The Bertz CT molecular complexity index is 628. The minimum atomic E-state index is -0.351. The molecule has 0 aromatic carbocycles. The fraction of sp³-hybridized carbons (Fsp3) is 0.957. The van der Waals surface area contributed by atoms with E-state index in [1.165, 1.54) is 19.3 Å². The Labute approximate surface area is 168 Å². The minimum absolute atomic E-state index is 0.0203. The van der Waals surface area contributed by atoms with Crippen LogP contribution in [0.25, 0.3) is 0 Å². The molecule has 1 saturated heterocycles. The van der Waals surface area contributed by atoms with E-state index in [0.717, 1.165) is 38.9 Å². The summed E-state index contributed by atoms with van der Waals surface area (Å²) < 4.78 is 23.3. The number of hydrogen-bond acceptors (Lipinski definition) is 5. The summed E-state index contributed by atoms with van der Waals surface area (Å²) in [6.45, 7) is 6.49. The molecule has 0 radical (unpaired) electrons.